The molecule has 0 saturated carbocycles. The molecule has 0 radical (unpaired) electrons. The van der Waals surface area contributed by atoms with Crippen molar-refractivity contribution in [3.05, 3.63) is 29.6 Å². The summed E-state index contributed by atoms with van der Waals surface area (Å²) in [6.45, 7) is 0.203. The number of hydrogen-bond donors (Lipinski definition) is 1. The zero-order valence-corrected chi connectivity index (χ0v) is 8.77. The first-order valence-corrected chi connectivity index (χ1v) is 4.92. The molecule has 0 aliphatic carbocycles. The van der Waals surface area contributed by atoms with Crippen molar-refractivity contribution >= 4 is 5.97 Å². The van der Waals surface area contributed by atoms with Gasteiger partial charge in [0.25, 0.3) is 0 Å². The van der Waals surface area contributed by atoms with Crippen LogP contribution in [-0.4, -0.2) is 29.8 Å². The third-order valence-corrected chi connectivity index (χ3v) is 2.09. The maximum atomic E-state index is 11.2. The van der Waals surface area contributed by atoms with E-state index in [9.17, 15) is 4.79 Å². The summed E-state index contributed by atoms with van der Waals surface area (Å²) in [5, 5.41) is 8.64. The number of nitrogens with zero attached hydrogens (tertiary/aromatic N) is 1. The van der Waals surface area contributed by atoms with Gasteiger partial charge in [0.15, 0.2) is 0 Å². The highest BCUT2D eigenvalue weighted by Gasteiger charge is 2.06. The Bertz CT molecular complexity index is 325. The Balaban J connectivity index is 2.62. The molecule has 0 aliphatic rings. The van der Waals surface area contributed by atoms with Gasteiger partial charge >= 0.3 is 5.97 Å². The Morgan fingerprint density at radius 1 is 1.53 bits per heavy atom. The Morgan fingerprint density at radius 3 is 3.00 bits per heavy atom. The molecule has 0 atom stereocenters. The van der Waals surface area contributed by atoms with Gasteiger partial charge in [-0.05, 0) is 37.0 Å². The molecule has 0 saturated heterocycles. The van der Waals surface area contributed by atoms with E-state index >= 15 is 0 Å². The molecule has 1 aromatic rings. The molecule has 0 aromatic carbocycles. The summed E-state index contributed by atoms with van der Waals surface area (Å²) in [5.41, 5.74) is 1.37. The molecule has 0 fully saturated rings. The van der Waals surface area contributed by atoms with Crippen molar-refractivity contribution in [2.45, 2.75) is 19.3 Å². The van der Waals surface area contributed by atoms with Crippen LogP contribution in [0.2, 0.25) is 0 Å². The van der Waals surface area contributed by atoms with Gasteiger partial charge in [-0.15, -0.1) is 0 Å². The number of ether oxygens (including phenoxy) is 1. The molecule has 15 heavy (non-hydrogen) atoms. The number of pyridine rings is 1. The van der Waals surface area contributed by atoms with E-state index in [-0.39, 0.29) is 6.61 Å². The quantitative estimate of drug-likeness (QED) is 0.584. The number of rotatable bonds is 5. The number of methoxy groups -OCH3 is 1. The first-order chi connectivity index (χ1) is 7.27. The standard InChI is InChI=1S/C11H15NO3/c1-15-11(14)10-8-9(5-6-12-10)4-2-3-7-13/h5-6,8,13H,2-4,7H2,1H3. The van der Waals surface area contributed by atoms with E-state index in [4.69, 9.17) is 5.11 Å². The maximum Gasteiger partial charge on any atom is 0.356 e. The summed E-state index contributed by atoms with van der Waals surface area (Å²) in [6.07, 6.45) is 4.12. The molecule has 0 aliphatic heterocycles. The molecular weight excluding hydrogens is 194 g/mol. The van der Waals surface area contributed by atoms with Gasteiger partial charge in [0.05, 0.1) is 7.11 Å². The second-order valence-corrected chi connectivity index (χ2v) is 3.22. The fourth-order valence-electron chi connectivity index (χ4n) is 1.29. The molecule has 1 N–H and O–H groups in total. The highest BCUT2D eigenvalue weighted by atomic mass is 16.5. The third-order valence-electron chi connectivity index (χ3n) is 2.09. The lowest BCUT2D eigenvalue weighted by Crippen LogP contribution is -2.04. The number of hydrogen-bond acceptors (Lipinski definition) is 4. The fraction of sp³-hybridized carbons (Fsp3) is 0.455. The number of aliphatic hydroxyl groups excluding tert-OH is 1. The zero-order chi connectivity index (χ0) is 11.1. The number of aryl methyl sites for hydroxylation is 1. The minimum Gasteiger partial charge on any atom is -0.464 e. The SMILES string of the molecule is COC(=O)c1cc(CCCCO)ccn1. The van der Waals surface area contributed by atoms with Crippen molar-refractivity contribution < 1.29 is 14.6 Å². The van der Waals surface area contributed by atoms with Gasteiger partial charge in [0.2, 0.25) is 0 Å². The van der Waals surface area contributed by atoms with Crippen molar-refractivity contribution in [2.75, 3.05) is 13.7 Å². The summed E-state index contributed by atoms with van der Waals surface area (Å²) in [6, 6.07) is 3.59. The number of esters is 1. The van der Waals surface area contributed by atoms with Gasteiger partial charge in [-0.2, -0.15) is 0 Å². The number of aliphatic hydroxyl groups is 1. The summed E-state index contributed by atoms with van der Waals surface area (Å²) in [7, 11) is 1.34. The van der Waals surface area contributed by atoms with Gasteiger partial charge in [-0.25, -0.2) is 9.78 Å². The Labute approximate surface area is 88.9 Å². The van der Waals surface area contributed by atoms with Crippen molar-refractivity contribution in [2.24, 2.45) is 0 Å². The molecule has 0 spiro atoms. The molecule has 0 amide bonds. The molecule has 1 rings (SSSR count). The first kappa shape index (κ1) is 11.7. The van der Waals surface area contributed by atoms with Crippen molar-refractivity contribution in [3.63, 3.8) is 0 Å². The van der Waals surface area contributed by atoms with Crippen molar-refractivity contribution in [1.29, 1.82) is 0 Å². The molecule has 0 bridgehead atoms. The Kier molecular flexibility index (Phi) is 4.77. The largest absolute Gasteiger partial charge is 0.464 e. The van der Waals surface area contributed by atoms with E-state index in [0.717, 1.165) is 24.8 Å². The van der Waals surface area contributed by atoms with Crippen LogP contribution in [0.5, 0.6) is 0 Å². The second-order valence-electron chi connectivity index (χ2n) is 3.22. The molecular formula is C11H15NO3. The molecule has 0 unspecified atom stereocenters. The van der Waals surface area contributed by atoms with Crippen LogP contribution in [0.1, 0.15) is 28.9 Å². The predicted molar refractivity (Wildman–Crippen MR) is 55.6 cm³/mol. The van der Waals surface area contributed by atoms with E-state index < -0.39 is 5.97 Å². The van der Waals surface area contributed by atoms with E-state index in [1.165, 1.54) is 7.11 Å². The van der Waals surface area contributed by atoms with Gasteiger partial charge in [-0.1, -0.05) is 0 Å². The van der Waals surface area contributed by atoms with Crippen LogP contribution in [0.15, 0.2) is 18.3 Å². The molecule has 82 valence electrons. The van der Waals surface area contributed by atoms with Gasteiger partial charge in [0.1, 0.15) is 5.69 Å². The summed E-state index contributed by atoms with van der Waals surface area (Å²) in [4.78, 5) is 15.1. The first-order valence-electron chi connectivity index (χ1n) is 4.92. The van der Waals surface area contributed by atoms with E-state index in [0.29, 0.717) is 5.69 Å². The molecule has 4 nitrogen and oxygen atoms in total. The van der Waals surface area contributed by atoms with Crippen LogP contribution in [-0.2, 0) is 11.2 Å². The summed E-state index contributed by atoms with van der Waals surface area (Å²) in [5.74, 6) is -0.418. The lowest BCUT2D eigenvalue weighted by atomic mass is 10.1. The molecule has 1 aromatic heterocycles. The van der Waals surface area contributed by atoms with Crippen LogP contribution < -0.4 is 0 Å². The summed E-state index contributed by atoms with van der Waals surface area (Å²) >= 11 is 0. The van der Waals surface area contributed by atoms with E-state index in [1.807, 2.05) is 6.07 Å². The average molecular weight is 209 g/mol. The van der Waals surface area contributed by atoms with Gasteiger partial charge in [-0.3, -0.25) is 0 Å². The number of carbonyl (C=O) groups excluding carboxylic acids is 1. The third kappa shape index (κ3) is 3.67. The topological polar surface area (TPSA) is 59.4 Å². The monoisotopic (exact) mass is 209 g/mol. The van der Waals surface area contributed by atoms with Crippen LogP contribution >= 0.6 is 0 Å². The average Bonchev–Trinajstić information content (AvgIpc) is 2.29. The highest BCUT2D eigenvalue weighted by Crippen LogP contribution is 2.07. The van der Waals surface area contributed by atoms with Crippen LogP contribution in [0.4, 0.5) is 0 Å². The lowest BCUT2D eigenvalue weighted by Gasteiger charge is -2.02. The highest BCUT2D eigenvalue weighted by molar-refractivity contribution is 5.87. The van der Waals surface area contributed by atoms with Crippen molar-refractivity contribution in [3.8, 4) is 0 Å². The predicted octanol–water partition coefficient (Wildman–Crippen LogP) is 1.18. The lowest BCUT2D eigenvalue weighted by molar-refractivity contribution is 0.0594. The normalized spacial score (nSPS) is 10.0. The van der Waals surface area contributed by atoms with Crippen LogP contribution in [0, 0.1) is 0 Å². The van der Waals surface area contributed by atoms with Crippen LogP contribution in [0.25, 0.3) is 0 Å². The number of unbranched alkanes of at least 4 members (excludes halogenated alkanes) is 1. The van der Waals surface area contributed by atoms with Crippen LogP contribution in [0.3, 0.4) is 0 Å². The second kappa shape index (κ2) is 6.14. The molecule has 1 heterocycles. The summed E-state index contributed by atoms with van der Waals surface area (Å²) < 4.78 is 4.58. The maximum absolute atomic E-state index is 11.2. The van der Waals surface area contributed by atoms with Crippen molar-refractivity contribution in [1.82, 2.24) is 4.98 Å². The van der Waals surface area contributed by atoms with E-state index in [2.05, 4.69) is 9.72 Å². The Morgan fingerprint density at radius 2 is 2.33 bits per heavy atom. The van der Waals surface area contributed by atoms with E-state index in [1.54, 1.807) is 12.3 Å². The zero-order valence-electron chi connectivity index (χ0n) is 8.77. The fourth-order valence-corrected chi connectivity index (χ4v) is 1.29. The minimum absolute atomic E-state index is 0.203. The number of aromatic nitrogens is 1. The minimum atomic E-state index is -0.418. The number of carbonyl (C=O) groups is 1. The van der Waals surface area contributed by atoms with Gasteiger partial charge in [0, 0.05) is 12.8 Å². The smallest absolute Gasteiger partial charge is 0.356 e. The molecule has 4 heteroatoms. The van der Waals surface area contributed by atoms with Gasteiger partial charge < -0.3 is 9.84 Å². The Hall–Kier alpha value is -1.42.